The zero-order valence-corrected chi connectivity index (χ0v) is 12.6. The van der Waals surface area contributed by atoms with E-state index >= 15 is 0 Å². The van der Waals surface area contributed by atoms with E-state index < -0.39 is 6.10 Å². The lowest BCUT2D eigenvalue weighted by Crippen LogP contribution is -2.13. The lowest BCUT2D eigenvalue weighted by Gasteiger charge is -2.05. The van der Waals surface area contributed by atoms with E-state index in [0.717, 1.165) is 0 Å². The first-order valence-electron chi connectivity index (χ1n) is 7.22. The first-order valence-corrected chi connectivity index (χ1v) is 7.22. The Morgan fingerprint density at radius 2 is 1.70 bits per heavy atom. The number of carbonyl (C=O) groups is 1. The van der Waals surface area contributed by atoms with Crippen molar-refractivity contribution in [1.82, 2.24) is 4.98 Å². The van der Waals surface area contributed by atoms with Gasteiger partial charge in [0.2, 0.25) is 5.89 Å². The minimum absolute atomic E-state index is 0.104. The quantitative estimate of drug-likeness (QED) is 0.775. The first-order chi connectivity index (χ1) is 11.1. The molecule has 1 aromatic heterocycles. The Bertz CT molecular complexity index is 798. The van der Waals surface area contributed by atoms with Crippen LogP contribution in [0.3, 0.4) is 0 Å². The normalized spacial score (nSPS) is 11.9. The minimum Gasteiger partial charge on any atom is -0.442 e. The standard InChI is InChI=1S/C18H16N2O3/c1-12-15(17(22)19-14-10-6-3-7-11-14)20-18(23-12)16(21)13-8-4-2-5-9-13/h2-11,16,21H,1H3,(H,19,22). The summed E-state index contributed by atoms with van der Waals surface area (Å²) < 4.78 is 5.47. The first kappa shape index (κ1) is 15.0. The van der Waals surface area contributed by atoms with Crippen molar-refractivity contribution >= 4 is 11.6 Å². The third-order valence-corrected chi connectivity index (χ3v) is 3.41. The van der Waals surface area contributed by atoms with Crippen molar-refractivity contribution in [3.63, 3.8) is 0 Å². The van der Waals surface area contributed by atoms with Crippen LogP contribution in [0.4, 0.5) is 5.69 Å². The summed E-state index contributed by atoms with van der Waals surface area (Å²) in [5, 5.41) is 13.1. The molecule has 0 aliphatic heterocycles. The van der Waals surface area contributed by atoms with Crippen LogP contribution < -0.4 is 5.32 Å². The largest absolute Gasteiger partial charge is 0.442 e. The molecule has 1 heterocycles. The number of rotatable bonds is 4. The maximum absolute atomic E-state index is 12.3. The number of aliphatic hydroxyl groups is 1. The fourth-order valence-electron chi connectivity index (χ4n) is 2.23. The van der Waals surface area contributed by atoms with Crippen molar-refractivity contribution in [3.05, 3.63) is 83.6 Å². The molecule has 1 atom stereocenters. The molecule has 0 aliphatic carbocycles. The van der Waals surface area contributed by atoms with Gasteiger partial charge in [-0.15, -0.1) is 0 Å². The van der Waals surface area contributed by atoms with Crippen LogP contribution >= 0.6 is 0 Å². The molecular formula is C18H16N2O3. The number of oxazole rings is 1. The van der Waals surface area contributed by atoms with Crippen LogP contribution in [-0.2, 0) is 0 Å². The van der Waals surface area contributed by atoms with Crippen molar-refractivity contribution < 1.29 is 14.3 Å². The number of carbonyl (C=O) groups excluding carboxylic acids is 1. The highest BCUT2D eigenvalue weighted by atomic mass is 16.4. The topological polar surface area (TPSA) is 75.4 Å². The molecule has 2 N–H and O–H groups in total. The lowest BCUT2D eigenvalue weighted by atomic mass is 10.1. The average molecular weight is 308 g/mol. The van der Waals surface area contributed by atoms with Gasteiger partial charge < -0.3 is 14.8 Å². The molecule has 0 saturated carbocycles. The Hall–Kier alpha value is -2.92. The van der Waals surface area contributed by atoms with E-state index in [9.17, 15) is 9.90 Å². The molecule has 0 bridgehead atoms. The summed E-state index contributed by atoms with van der Waals surface area (Å²) in [6.45, 7) is 1.65. The number of anilines is 1. The van der Waals surface area contributed by atoms with Gasteiger partial charge in [-0.1, -0.05) is 48.5 Å². The highest BCUT2D eigenvalue weighted by Crippen LogP contribution is 2.23. The van der Waals surface area contributed by atoms with Crippen molar-refractivity contribution in [2.75, 3.05) is 5.32 Å². The smallest absolute Gasteiger partial charge is 0.277 e. The minimum atomic E-state index is -1.01. The zero-order valence-electron chi connectivity index (χ0n) is 12.6. The van der Waals surface area contributed by atoms with Gasteiger partial charge in [0.15, 0.2) is 11.8 Å². The van der Waals surface area contributed by atoms with Gasteiger partial charge in [0.1, 0.15) is 5.76 Å². The van der Waals surface area contributed by atoms with Crippen LogP contribution in [-0.4, -0.2) is 16.0 Å². The molecule has 1 amide bonds. The Balaban J connectivity index is 1.82. The number of amides is 1. The Kier molecular flexibility index (Phi) is 4.21. The predicted molar refractivity (Wildman–Crippen MR) is 86.1 cm³/mol. The summed E-state index contributed by atoms with van der Waals surface area (Å²) in [5.74, 6) is 0.0966. The van der Waals surface area contributed by atoms with Crippen LogP contribution in [0.1, 0.15) is 33.8 Å². The molecule has 3 aromatic rings. The second kappa shape index (κ2) is 6.46. The highest BCUT2D eigenvalue weighted by molar-refractivity contribution is 6.03. The fourth-order valence-corrected chi connectivity index (χ4v) is 2.23. The van der Waals surface area contributed by atoms with Crippen molar-refractivity contribution in [3.8, 4) is 0 Å². The van der Waals surface area contributed by atoms with Gasteiger partial charge in [-0.25, -0.2) is 4.98 Å². The number of aliphatic hydroxyl groups excluding tert-OH is 1. The van der Waals surface area contributed by atoms with E-state index in [1.54, 1.807) is 31.2 Å². The molecular weight excluding hydrogens is 292 g/mol. The summed E-state index contributed by atoms with van der Waals surface area (Å²) in [7, 11) is 0. The van der Waals surface area contributed by atoms with Crippen LogP contribution in [0.25, 0.3) is 0 Å². The number of aromatic nitrogens is 1. The molecule has 3 rings (SSSR count). The van der Waals surface area contributed by atoms with Gasteiger partial charge in [0.25, 0.3) is 5.91 Å². The summed E-state index contributed by atoms with van der Waals surface area (Å²) in [4.78, 5) is 16.4. The molecule has 23 heavy (non-hydrogen) atoms. The van der Waals surface area contributed by atoms with E-state index in [4.69, 9.17) is 4.42 Å². The van der Waals surface area contributed by atoms with Crippen LogP contribution in [0.5, 0.6) is 0 Å². The molecule has 5 nitrogen and oxygen atoms in total. The van der Waals surface area contributed by atoms with Gasteiger partial charge in [-0.05, 0) is 24.6 Å². The van der Waals surface area contributed by atoms with E-state index in [0.29, 0.717) is 17.0 Å². The SMILES string of the molecule is Cc1oc(C(O)c2ccccc2)nc1C(=O)Nc1ccccc1. The van der Waals surface area contributed by atoms with Crippen molar-refractivity contribution in [1.29, 1.82) is 0 Å². The highest BCUT2D eigenvalue weighted by Gasteiger charge is 2.22. The number of para-hydroxylation sites is 1. The molecule has 1 unspecified atom stereocenters. The van der Waals surface area contributed by atoms with E-state index in [2.05, 4.69) is 10.3 Å². The second-order valence-corrected chi connectivity index (χ2v) is 5.09. The van der Waals surface area contributed by atoms with Crippen LogP contribution in [0.2, 0.25) is 0 Å². The molecule has 0 radical (unpaired) electrons. The maximum atomic E-state index is 12.3. The third-order valence-electron chi connectivity index (χ3n) is 3.41. The Morgan fingerprint density at radius 3 is 2.35 bits per heavy atom. The summed E-state index contributed by atoms with van der Waals surface area (Å²) in [5.41, 5.74) is 1.49. The number of hydrogen-bond acceptors (Lipinski definition) is 4. The number of benzene rings is 2. The van der Waals surface area contributed by atoms with Gasteiger partial charge in [0, 0.05) is 5.69 Å². The zero-order chi connectivity index (χ0) is 16.2. The van der Waals surface area contributed by atoms with E-state index in [1.165, 1.54) is 0 Å². The fraction of sp³-hybridized carbons (Fsp3) is 0.111. The summed E-state index contributed by atoms with van der Waals surface area (Å²) in [6, 6.07) is 18.1. The van der Waals surface area contributed by atoms with E-state index in [-0.39, 0.29) is 17.5 Å². The number of nitrogens with one attached hydrogen (secondary N) is 1. The van der Waals surface area contributed by atoms with Gasteiger partial charge in [0.05, 0.1) is 0 Å². The third kappa shape index (κ3) is 3.30. The molecule has 0 saturated heterocycles. The number of nitrogens with zero attached hydrogens (tertiary/aromatic N) is 1. The molecule has 0 spiro atoms. The average Bonchev–Trinajstić information content (AvgIpc) is 2.98. The maximum Gasteiger partial charge on any atom is 0.277 e. The van der Waals surface area contributed by atoms with Crippen LogP contribution in [0, 0.1) is 6.92 Å². The molecule has 116 valence electrons. The summed E-state index contributed by atoms with van der Waals surface area (Å²) >= 11 is 0. The van der Waals surface area contributed by atoms with Crippen molar-refractivity contribution in [2.24, 2.45) is 0 Å². The van der Waals surface area contributed by atoms with E-state index in [1.807, 2.05) is 36.4 Å². The lowest BCUT2D eigenvalue weighted by molar-refractivity contribution is 0.102. The van der Waals surface area contributed by atoms with Gasteiger partial charge >= 0.3 is 0 Å². The predicted octanol–water partition coefficient (Wildman–Crippen LogP) is 3.32. The second-order valence-electron chi connectivity index (χ2n) is 5.09. The summed E-state index contributed by atoms with van der Waals surface area (Å²) in [6.07, 6.45) is -1.01. The van der Waals surface area contributed by atoms with Gasteiger partial charge in [-0.2, -0.15) is 0 Å². The Morgan fingerprint density at radius 1 is 1.09 bits per heavy atom. The number of aryl methyl sites for hydroxylation is 1. The van der Waals surface area contributed by atoms with Gasteiger partial charge in [-0.3, -0.25) is 4.79 Å². The van der Waals surface area contributed by atoms with Crippen LogP contribution in [0.15, 0.2) is 65.1 Å². The molecule has 5 heteroatoms. The molecule has 0 aliphatic rings. The molecule has 2 aromatic carbocycles. The monoisotopic (exact) mass is 308 g/mol. The molecule has 0 fully saturated rings. The van der Waals surface area contributed by atoms with Crippen molar-refractivity contribution in [2.45, 2.75) is 13.0 Å². The number of hydrogen-bond donors (Lipinski definition) is 2. The Labute approximate surface area is 133 Å².